The summed E-state index contributed by atoms with van der Waals surface area (Å²) in [5, 5.41) is 2.18. The van der Waals surface area contributed by atoms with Crippen molar-refractivity contribution in [1.82, 2.24) is 13.6 Å². The molecular formula is C19H23F3N4O6S2. The highest BCUT2D eigenvalue weighted by molar-refractivity contribution is 7.89. The summed E-state index contributed by atoms with van der Waals surface area (Å²) in [4.78, 5) is 11.7. The molecule has 1 aromatic carbocycles. The van der Waals surface area contributed by atoms with Crippen molar-refractivity contribution in [2.24, 2.45) is 7.05 Å². The van der Waals surface area contributed by atoms with Gasteiger partial charge >= 0.3 is 0 Å². The minimum atomic E-state index is -4.46. The van der Waals surface area contributed by atoms with Crippen LogP contribution in [0.2, 0.25) is 0 Å². The number of anilines is 1. The van der Waals surface area contributed by atoms with E-state index < -0.39 is 60.0 Å². The Bertz CT molecular complexity index is 1300. The lowest BCUT2D eigenvalue weighted by Crippen LogP contribution is -2.39. The number of aromatic nitrogens is 1. The summed E-state index contributed by atoms with van der Waals surface area (Å²) in [5.41, 5.74) is -0.812. The Morgan fingerprint density at radius 1 is 1.18 bits per heavy atom. The predicted molar refractivity (Wildman–Crippen MR) is 116 cm³/mol. The highest BCUT2D eigenvalue weighted by Crippen LogP contribution is 2.24. The molecule has 0 unspecified atom stereocenters. The predicted octanol–water partition coefficient (Wildman–Crippen LogP) is 1.02. The minimum Gasteiger partial charge on any atom is -0.384 e. The van der Waals surface area contributed by atoms with E-state index in [1.165, 1.54) is 14.2 Å². The maximum atomic E-state index is 15.0. The fourth-order valence-electron chi connectivity index (χ4n) is 3.46. The number of ether oxygens (including phenoxy) is 1. The Hall–Kier alpha value is -2.46. The molecule has 0 radical (unpaired) electrons. The van der Waals surface area contributed by atoms with Gasteiger partial charge in [0.15, 0.2) is 17.5 Å². The molecular weight excluding hydrogens is 501 g/mol. The lowest BCUT2D eigenvalue weighted by atomic mass is 10.3. The second kappa shape index (κ2) is 10.0. The largest absolute Gasteiger partial charge is 0.384 e. The first-order valence-electron chi connectivity index (χ1n) is 9.96. The number of nitrogens with one attached hydrogen (secondary N) is 2. The number of carbonyl (C=O) groups excluding carboxylic acids is 1. The molecule has 1 amide bonds. The van der Waals surface area contributed by atoms with Gasteiger partial charge in [0.25, 0.3) is 5.91 Å². The van der Waals surface area contributed by atoms with E-state index in [1.54, 1.807) is 0 Å². The van der Waals surface area contributed by atoms with E-state index in [-0.39, 0.29) is 37.6 Å². The number of aryl methyl sites for hydroxylation is 1. The molecule has 1 fully saturated rings. The topological polar surface area (TPSA) is 127 Å². The number of methoxy groups -OCH3 is 1. The smallest absolute Gasteiger partial charge is 0.275 e. The van der Waals surface area contributed by atoms with Crippen molar-refractivity contribution < 1.29 is 39.5 Å². The van der Waals surface area contributed by atoms with Crippen molar-refractivity contribution in [1.29, 1.82) is 0 Å². The van der Waals surface area contributed by atoms with Crippen LogP contribution in [-0.2, 0) is 31.8 Å². The van der Waals surface area contributed by atoms with Crippen LogP contribution in [0, 0.1) is 17.5 Å². The number of hydrogen-bond acceptors (Lipinski definition) is 6. The Labute approximate surface area is 194 Å². The molecule has 1 aliphatic rings. The molecule has 0 bridgehead atoms. The van der Waals surface area contributed by atoms with Crippen molar-refractivity contribution in [3.63, 3.8) is 0 Å². The van der Waals surface area contributed by atoms with Crippen molar-refractivity contribution in [3.05, 3.63) is 47.5 Å². The number of sulfonamides is 2. The van der Waals surface area contributed by atoms with E-state index in [4.69, 9.17) is 4.74 Å². The van der Waals surface area contributed by atoms with Gasteiger partial charge in [-0.3, -0.25) is 4.79 Å². The Kier molecular flexibility index (Phi) is 7.72. The normalized spacial score (nSPS) is 17.3. The van der Waals surface area contributed by atoms with E-state index in [0.29, 0.717) is 6.07 Å². The number of nitrogens with zero attached hydrogens (tertiary/aromatic N) is 2. The van der Waals surface area contributed by atoms with Crippen LogP contribution >= 0.6 is 0 Å². The highest BCUT2D eigenvalue weighted by Gasteiger charge is 2.35. The van der Waals surface area contributed by atoms with Crippen LogP contribution in [0.5, 0.6) is 0 Å². The van der Waals surface area contributed by atoms with E-state index in [0.717, 1.165) is 27.2 Å². The molecule has 2 heterocycles. The summed E-state index contributed by atoms with van der Waals surface area (Å²) in [6.07, 6.45) is 1.06. The molecule has 1 aliphatic heterocycles. The molecule has 1 aromatic heterocycles. The molecule has 1 atom stereocenters. The minimum absolute atomic E-state index is 0.0140. The SMILES string of the molecule is COCCS(=O)(=O)N1CC[C@@H](NS(=O)(=O)c2cn(C)c(C(=O)Nc3ccc(F)c(F)c3)c2F)C1. The molecule has 0 saturated carbocycles. The number of amides is 1. The summed E-state index contributed by atoms with van der Waals surface area (Å²) in [6.45, 7) is -0.0680. The third kappa shape index (κ3) is 5.60. The Morgan fingerprint density at radius 2 is 1.88 bits per heavy atom. The van der Waals surface area contributed by atoms with E-state index in [1.807, 2.05) is 0 Å². The summed E-state index contributed by atoms with van der Waals surface area (Å²) >= 11 is 0. The highest BCUT2D eigenvalue weighted by atomic mass is 32.2. The van der Waals surface area contributed by atoms with Gasteiger partial charge in [-0.15, -0.1) is 0 Å². The van der Waals surface area contributed by atoms with Crippen molar-refractivity contribution in [2.45, 2.75) is 17.4 Å². The molecule has 1 saturated heterocycles. The van der Waals surface area contributed by atoms with E-state index in [2.05, 4.69) is 10.0 Å². The third-order valence-electron chi connectivity index (χ3n) is 5.18. The van der Waals surface area contributed by atoms with Gasteiger partial charge in [-0.25, -0.2) is 39.0 Å². The molecule has 2 N–H and O–H groups in total. The first-order chi connectivity index (χ1) is 15.9. The van der Waals surface area contributed by atoms with Crippen LogP contribution in [0.3, 0.4) is 0 Å². The van der Waals surface area contributed by atoms with Gasteiger partial charge in [-0.05, 0) is 18.6 Å². The fourth-order valence-corrected chi connectivity index (χ4v) is 6.27. The molecule has 10 nitrogen and oxygen atoms in total. The molecule has 3 rings (SSSR count). The Morgan fingerprint density at radius 3 is 2.53 bits per heavy atom. The second-order valence-corrected chi connectivity index (χ2v) is 11.4. The second-order valence-electron chi connectivity index (χ2n) is 7.62. The van der Waals surface area contributed by atoms with Crippen LogP contribution in [0.4, 0.5) is 18.9 Å². The lowest BCUT2D eigenvalue weighted by molar-refractivity contribution is 0.101. The van der Waals surface area contributed by atoms with Gasteiger partial charge in [-0.2, -0.15) is 0 Å². The van der Waals surface area contributed by atoms with Crippen LogP contribution in [0.1, 0.15) is 16.9 Å². The number of carbonyl (C=O) groups is 1. The van der Waals surface area contributed by atoms with Crippen molar-refractivity contribution >= 4 is 31.6 Å². The average molecular weight is 525 g/mol. The number of halogens is 3. The van der Waals surface area contributed by atoms with Gasteiger partial charge in [0.05, 0.1) is 12.4 Å². The number of rotatable bonds is 9. The summed E-state index contributed by atoms with van der Waals surface area (Å²) < 4.78 is 101. The van der Waals surface area contributed by atoms with Crippen molar-refractivity contribution in [2.75, 3.05) is 37.9 Å². The molecule has 34 heavy (non-hydrogen) atoms. The zero-order valence-electron chi connectivity index (χ0n) is 18.2. The van der Waals surface area contributed by atoms with Crippen LogP contribution < -0.4 is 10.0 Å². The summed E-state index contributed by atoms with van der Waals surface area (Å²) in [5.74, 6) is -5.06. The molecule has 0 spiro atoms. The Balaban J connectivity index is 1.75. The monoisotopic (exact) mass is 524 g/mol. The number of hydrogen-bond donors (Lipinski definition) is 2. The van der Waals surface area contributed by atoms with E-state index >= 15 is 4.39 Å². The van der Waals surface area contributed by atoms with Gasteiger partial charge in [0.1, 0.15) is 10.6 Å². The average Bonchev–Trinajstić information content (AvgIpc) is 3.33. The lowest BCUT2D eigenvalue weighted by Gasteiger charge is -2.16. The van der Waals surface area contributed by atoms with E-state index in [9.17, 15) is 30.4 Å². The van der Waals surface area contributed by atoms with Gasteiger partial charge in [0, 0.05) is 51.2 Å². The van der Waals surface area contributed by atoms with Gasteiger partial charge < -0.3 is 14.6 Å². The molecule has 188 valence electrons. The standard InChI is InChI=1S/C19H23F3N4O6S2/c1-25-11-16(17(22)18(25)19(27)23-12-3-4-14(20)15(21)9-12)34(30,31)24-13-5-6-26(10-13)33(28,29)8-7-32-2/h3-4,9,11,13,24H,5-8,10H2,1-2H3,(H,23,27)/t13-/m1/s1. The van der Waals surface area contributed by atoms with Crippen molar-refractivity contribution in [3.8, 4) is 0 Å². The zero-order valence-corrected chi connectivity index (χ0v) is 19.8. The third-order valence-corrected chi connectivity index (χ3v) is 8.49. The quantitative estimate of drug-likeness (QED) is 0.505. The maximum absolute atomic E-state index is 15.0. The fraction of sp³-hybridized carbons (Fsp3) is 0.421. The van der Waals surface area contributed by atoms with Crippen LogP contribution in [-0.4, -0.2) is 70.2 Å². The molecule has 15 heteroatoms. The van der Waals surface area contributed by atoms with Crippen LogP contribution in [0.15, 0.2) is 29.3 Å². The van der Waals surface area contributed by atoms with Gasteiger partial charge in [0.2, 0.25) is 20.0 Å². The van der Waals surface area contributed by atoms with Gasteiger partial charge in [-0.1, -0.05) is 0 Å². The zero-order chi connectivity index (χ0) is 25.3. The summed E-state index contributed by atoms with van der Waals surface area (Å²) in [6, 6.07) is 1.72. The summed E-state index contributed by atoms with van der Waals surface area (Å²) in [7, 11) is -5.51. The molecule has 2 aromatic rings. The van der Waals surface area contributed by atoms with Crippen LogP contribution in [0.25, 0.3) is 0 Å². The first kappa shape index (κ1) is 26.2. The first-order valence-corrected chi connectivity index (χ1v) is 13.0. The number of benzene rings is 1. The molecule has 0 aliphatic carbocycles. The maximum Gasteiger partial charge on any atom is 0.275 e.